The molecule has 0 amide bonds. The zero-order valence-electron chi connectivity index (χ0n) is 19.6. The maximum Gasteiger partial charge on any atom is 0.260 e. The molecule has 1 fully saturated rings. The molecule has 6 nitrogen and oxygen atoms in total. The van der Waals surface area contributed by atoms with Gasteiger partial charge in [-0.2, -0.15) is 0 Å². The van der Waals surface area contributed by atoms with Gasteiger partial charge in [0.2, 0.25) is 0 Å². The van der Waals surface area contributed by atoms with Crippen LogP contribution in [0.3, 0.4) is 0 Å². The average Bonchev–Trinajstić information content (AvgIpc) is 2.95. The number of halogens is 1. The normalized spacial score (nSPS) is 24.8. The van der Waals surface area contributed by atoms with Crippen LogP contribution in [0.25, 0.3) is 0 Å². The first-order valence-corrected chi connectivity index (χ1v) is 12.9. The summed E-state index contributed by atoms with van der Waals surface area (Å²) in [5.74, 6) is 0.396. The first-order valence-electron chi connectivity index (χ1n) is 11.4. The maximum absolute atomic E-state index is 14.0. The minimum atomic E-state index is -3.74. The molecule has 2 heterocycles. The van der Waals surface area contributed by atoms with E-state index in [-0.39, 0.29) is 12.1 Å². The highest BCUT2D eigenvalue weighted by molar-refractivity contribution is 7.96. The molecule has 4 rings (SSSR count). The van der Waals surface area contributed by atoms with Crippen LogP contribution < -0.4 is 14.4 Å². The Hall–Kier alpha value is -2.58. The lowest BCUT2D eigenvalue weighted by molar-refractivity contribution is 0.113. The lowest BCUT2D eigenvalue weighted by Gasteiger charge is -2.49. The van der Waals surface area contributed by atoms with Crippen molar-refractivity contribution in [2.45, 2.75) is 57.8 Å². The molecule has 1 saturated heterocycles. The van der Waals surface area contributed by atoms with E-state index >= 15 is 0 Å². The molecule has 2 aromatic rings. The second kappa shape index (κ2) is 8.99. The highest BCUT2D eigenvalue weighted by atomic mass is 32.2. The Morgan fingerprint density at radius 1 is 1.21 bits per heavy atom. The zero-order chi connectivity index (χ0) is 23.8. The van der Waals surface area contributed by atoms with Gasteiger partial charge in [-0.1, -0.05) is 18.2 Å². The minimum absolute atomic E-state index is 0.106. The molecule has 2 aliphatic rings. The molecule has 1 spiro atoms. The number of likely N-dealkylation sites (N-methyl/N-ethyl adjacent to an activating group) is 1. The van der Waals surface area contributed by atoms with E-state index in [1.165, 1.54) is 21.8 Å². The van der Waals surface area contributed by atoms with E-state index in [4.69, 9.17) is 4.74 Å². The molecule has 0 bridgehead atoms. The zero-order valence-corrected chi connectivity index (χ0v) is 20.4. The van der Waals surface area contributed by atoms with Crippen molar-refractivity contribution in [2.75, 3.05) is 17.9 Å². The molecule has 0 radical (unpaired) electrons. The summed E-state index contributed by atoms with van der Waals surface area (Å²) in [6.45, 7) is 7.59. The molecule has 8 heteroatoms. The number of nitrogens with zero attached hydrogens (tertiary/aromatic N) is 2. The first-order chi connectivity index (χ1) is 15.6. The van der Waals surface area contributed by atoms with Crippen LogP contribution in [0.1, 0.15) is 39.2 Å². The van der Waals surface area contributed by atoms with Gasteiger partial charge < -0.3 is 10.1 Å². The molecule has 1 N–H and O–H groups in total. The largest absolute Gasteiger partial charge is 0.491 e. The van der Waals surface area contributed by atoms with E-state index in [0.717, 1.165) is 17.9 Å². The molecule has 2 atom stereocenters. The van der Waals surface area contributed by atoms with Crippen molar-refractivity contribution in [3.63, 3.8) is 0 Å². The molecule has 2 aliphatic heterocycles. The smallest absolute Gasteiger partial charge is 0.260 e. The van der Waals surface area contributed by atoms with Crippen molar-refractivity contribution in [1.29, 1.82) is 0 Å². The van der Waals surface area contributed by atoms with Crippen molar-refractivity contribution in [3.05, 3.63) is 71.0 Å². The number of piperidine rings is 1. The van der Waals surface area contributed by atoms with E-state index in [0.29, 0.717) is 30.8 Å². The molecular weight excluding hydrogens is 441 g/mol. The molecule has 0 aromatic heterocycles. The van der Waals surface area contributed by atoms with Crippen molar-refractivity contribution in [2.24, 2.45) is 0 Å². The second-order valence-corrected chi connectivity index (χ2v) is 10.8. The van der Waals surface area contributed by atoms with Gasteiger partial charge in [-0.3, -0.25) is 9.21 Å². The highest BCUT2D eigenvalue weighted by Gasteiger charge is 2.54. The summed E-state index contributed by atoms with van der Waals surface area (Å²) in [6, 6.07) is 14.0. The lowest BCUT2D eigenvalue weighted by Crippen LogP contribution is -2.59. The number of hydrogen-bond donors (Lipinski definition) is 1. The number of hydrogen-bond acceptors (Lipinski definition) is 5. The van der Waals surface area contributed by atoms with Gasteiger partial charge in [-0.25, -0.2) is 12.8 Å². The molecule has 2 aromatic carbocycles. The van der Waals surface area contributed by atoms with Crippen LogP contribution in [0.5, 0.6) is 5.75 Å². The Morgan fingerprint density at radius 2 is 1.97 bits per heavy atom. The van der Waals surface area contributed by atoms with Crippen molar-refractivity contribution >= 4 is 15.7 Å². The van der Waals surface area contributed by atoms with E-state index < -0.39 is 21.4 Å². The summed E-state index contributed by atoms with van der Waals surface area (Å²) in [5.41, 5.74) is 1.41. The quantitative estimate of drug-likeness (QED) is 0.680. The number of likely N-dealkylation sites (tertiary alicyclic amines) is 1. The number of sulfonamides is 1. The molecule has 0 aliphatic carbocycles. The number of anilines is 1. The van der Waals surface area contributed by atoms with Crippen LogP contribution in [0.2, 0.25) is 0 Å². The fourth-order valence-corrected chi connectivity index (χ4v) is 7.01. The summed E-state index contributed by atoms with van der Waals surface area (Å²) in [7, 11) is -1.99. The number of benzene rings is 2. The summed E-state index contributed by atoms with van der Waals surface area (Å²) >= 11 is 0. The molecule has 0 saturated carbocycles. The Kier molecular flexibility index (Phi) is 6.42. The predicted octanol–water partition coefficient (Wildman–Crippen LogP) is 4.25. The lowest BCUT2D eigenvalue weighted by atomic mass is 9.80. The van der Waals surface area contributed by atoms with Crippen LogP contribution in [0.4, 0.5) is 10.1 Å². The van der Waals surface area contributed by atoms with Crippen LogP contribution in [0.15, 0.2) is 59.6 Å². The monoisotopic (exact) mass is 473 g/mol. The van der Waals surface area contributed by atoms with Crippen LogP contribution >= 0.6 is 0 Å². The van der Waals surface area contributed by atoms with Gasteiger partial charge in [0.05, 0.1) is 28.4 Å². The number of rotatable bonds is 6. The minimum Gasteiger partial charge on any atom is -0.491 e. The van der Waals surface area contributed by atoms with Crippen molar-refractivity contribution in [3.8, 4) is 5.75 Å². The van der Waals surface area contributed by atoms with Gasteiger partial charge in [-0.05, 0) is 69.5 Å². The molecular formula is C25H32FN3O3S. The molecule has 33 heavy (non-hydrogen) atoms. The molecule has 178 valence electrons. The third-order valence-electron chi connectivity index (χ3n) is 6.45. The maximum atomic E-state index is 14.0. The summed E-state index contributed by atoms with van der Waals surface area (Å²) in [4.78, 5) is 2.36. The van der Waals surface area contributed by atoms with Gasteiger partial charge in [0.15, 0.2) is 0 Å². The van der Waals surface area contributed by atoms with Crippen molar-refractivity contribution < 1.29 is 17.5 Å². The van der Waals surface area contributed by atoms with E-state index in [9.17, 15) is 12.8 Å². The Morgan fingerprint density at radius 3 is 2.64 bits per heavy atom. The fraction of sp³-hybridized carbons (Fsp3) is 0.440. The third-order valence-corrected chi connectivity index (χ3v) is 8.05. The van der Waals surface area contributed by atoms with Gasteiger partial charge in [0.1, 0.15) is 11.6 Å². The summed E-state index contributed by atoms with van der Waals surface area (Å²) in [5, 5.41) is 4.42. The van der Waals surface area contributed by atoms with E-state index in [1.54, 1.807) is 19.2 Å². The average molecular weight is 474 g/mol. The summed E-state index contributed by atoms with van der Waals surface area (Å²) in [6.07, 6.45) is 1.30. The van der Waals surface area contributed by atoms with Gasteiger partial charge >= 0.3 is 0 Å². The molecule has 0 unspecified atom stereocenters. The third kappa shape index (κ3) is 4.59. The van der Waals surface area contributed by atoms with Crippen LogP contribution in [0, 0.1) is 5.82 Å². The number of ether oxygens (including phenoxy) is 1. The van der Waals surface area contributed by atoms with E-state index in [2.05, 4.69) is 29.3 Å². The standard InChI is InChI=1S/C25H32FN3O3S/c1-18(2)32-23-10-5-7-20(13-23)16-28-12-11-25(15-19(28)3)24(27-4)17-33(30,31)29(25)22-9-6-8-21(26)14-22/h5-10,13-14,17-19,27H,11-12,15-16H2,1-4H3/t19-,25+/m0/s1. The van der Waals surface area contributed by atoms with Gasteiger partial charge in [-0.15, -0.1) is 0 Å². The Bertz CT molecular complexity index is 1150. The fourth-order valence-electron chi connectivity index (χ4n) is 5.11. The second-order valence-electron chi connectivity index (χ2n) is 9.19. The number of nitrogens with one attached hydrogen (secondary N) is 1. The Labute approximate surface area is 196 Å². The Balaban J connectivity index is 1.60. The van der Waals surface area contributed by atoms with E-state index in [1.807, 2.05) is 26.0 Å². The van der Waals surface area contributed by atoms with Gasteiger partial charge in [0, 0.05) is 26.2 Å². The highest BCUT2D eigenvalue weighted by Crippen LogP contribution is 2.46. The van der Waals surface area contributed by atoms with Crippen molar-refractivity contribution in [1.82, 2.24) is 10.2 Å². The first kappa shape index (κ1) is 23.6. The predicted molar refractivity (Wildman–Crippen MR) is 129 cm³/mol. The SMILES string of the molecule is CNC1=CS(=O)(=O)N(c2cccc(F)c2)[C@@]12CCN(Cc1cccc(OC(C)C)c1)[C@@H](C)C2. The van der Waals surface area contributed by atoms with Gasteiger partial charge in [0.25, 0.3) is 10.0 Å². The van der Waals surface area contributed by atoms with Crippen LogP contribution in [-0.4, -0.2) is 44.6 Å². The van der Waals surface area contributed by atoms with Crippen LogP contribution in [-0.2, 0) is 16.6 Å². The topological polar surface area (TPSA) is 61.9 Å². The summed E-state index contributed by atoms with van der Waals surface area (Å²) < 4.78 is 47.6.